The third-order valence-electron chi connectivity index (χ3n) is 2.33. The molecule has 1 unspecified atom stereocenters. The minimum Gasteiger partial charge on any atom is -0.382 e. The van der Waals surface area contributed by atoms with Crippen molar-refractivity contribution in [1.29, 1.82) is 0 Å². The normalized spacial score (nSPS) is 13.0. The molecule has 2 rings (SSSR count). The fourth-order valence-corrected chi connectivity index (χ4v) is 3.39. The maximum Gasteiger partial charge on any atom is 0.122 e. The zero-order chi connectivity index (χ0) is 10.8. The van der Waals surface area contributed by atoms with Gasteiger partial charge in [-0.15, -0.1) is 22.7 Å². The van der Waals surface area contributed by atoms with Crippen LogP contribution in [0.1, 0.15) is 32.5 Å². The van der Waals surface area contributed by atoms with E-state index in [4.69, 9.17) is 0 Å². The maximum absolute atomic E-state index is 10.1. The lowest BCUT2D eigenvalue weighted by molar-refractivity contribution is 0.228. The van der Waals surface area contributed by atoms with Crippen molar-refractivity contribution in [2.24, 2.45) is 0 Å². The van der Waals surface area contributed by atoms with Gasteiger partial charge < -0.3 is 5.11 Å². The molecule has 2 aromatic rings. The Morgan fingerprint density at radius 2 is 1.80 bits per heavy atom. The minimum atomic E-state index is -0.436. The minimum absolute atomic E-state index is 0.436. The van der Waals surface area contributed by atoms with E-state index in [1.54, 1.807) is 22.7 Å². The first-order valence-corrected chi connectivity index (χ1v) is 6.67. The molecular weight excluding hydrogens is 224 g/mol. The Morgan fingerprint density at radius 1 is 1.13 bits per heavy atom. The predicted octanol–water partition coefficient (Wildman–Crippen LogP) is 3.76. The molecule has 80 valence electrons. The van der Waals surface area contributed by atoms with E-state index in [9.17, 15) is 5.11 Å². The summed E-state index contributed by atoms with van der Waals surface area (Å²) >= 11 is 3.37. The van der Waals surface area contributed by atoms with Crippen molar-refractivity contribution in [1.82, 2.24) is 0 Å². The second-order valence-corrected chi connectivity index (χ2v) is 6.03. The summed E-state index contributed by atoms with van der Waals surface area (Å²) in [5.74, 6) is 0. The molecule has 1 N–H and O–H groups in total. The van der Waals surface area contributed by atoms with Gasteiger partial charge in [-0.1, -0.05) is 6.92 Å². The zero-order valence-electron chi connectivity index (χ0n) is 8.86. The largest absolute Gasteiger partial charge is 0.382 e. The molecule has 1 atom stereocenters. The Morgan fingerprint density at radius 3 is 2.33 bits per heavy atom. The van der Waals surface area contributed by atoms with E-state index in [1.807, 2.05) is 12.1 Å². The Balaban J connectivity index is 2.23. The Labute approximate surface area is 98.0 Å². The van der Waals surface area contributed by atoms with Gasteiger partial charge >= 0.3 is 0 Å². The Kier molecular flexibility index (Phi) is 3.24. The van der Waals surface area contributed by atoms with Crippen LogP contribution in [0.4, 0.5) is 0 Å². The van der Waals surface area contributed by atoms with Crippen LogP contribution in [0.5, 0.6) is 0 Å². The van der Waals surface area contributed by atoms with Gasteiger partial charge in [-0.05, 0) is 37.6 Å². The lowest BCUT2D eigenvalue weighted by Crippen LogP contribution is -1.92. The molecule has 0 radical (unpaired) electrons. The molecule has 2 heterocycles. The number of thiophene rings is 2. The molecule has 0 bridgehead atoms. The molecule has 2 aromatic heterocycles. The summed E-state index contributed by atoms with van der Waals surface area (Å²) in [6.07, 6.45) is 0.606. The van der Waals surface area contributed by atoms with Gasteiger partial charge in [-0.3, -0.25) is 0 Å². The van der Waals surface area contributed by atoms with Crippen LogP contribution in [0.15, 0.2) is 24.3 Å². The van der Waals surface area contributed by atoms with E-state index in [0.717, 1.165) is 16.2 Å². The van der Waals surface area contributed by atoms with E-state index < -0.39 is 6.10 Å². The number of aliphatic hydroxyl groups excluding tert-OH is 1. The van der Waals surface area contributed by atoms with Crippen molar-refractivity contribution in [3.63, 3.8) is 0 Å². The van der Waals surface area contributed by atoms with Gasteiger partial charge in [0, 0.05) is 19.5 Å². The van der Waals surface area contributed by atoms with Crippen molar-refractivity contribution in [2.45, 2.75) is 26.4 Å². The van der Waals surface area contributed by atoms with Crippen LogP contribution < -0.4 is 0 Å². The molecule has 0 spiro atoms. The van der Waals surface area contributed by atoms with Crippen LogP contribution >= 0.6 is 22.7 Å². The molecule has 0 aromatic carbocycles. The highest BCUT2D eigenvalue weighted by molar-refractivity contribution is 7.13. The molecule has 0 aliphatic rings. The Bertz CT molecular complexity index is 442. The SMILES string of the molecule is CCc1ccc(C(O)c2ccc(C)s2)s1. The van der Waals surface area contributed by atoms with Crippen LogP contribution in [-0.2, 0) is 6.42 Å². The summed E-state index contributed by atoms with van der Waals surface area (Å²) in [7, 11) is 0. The van der Waals surface area contributed by atoms with Crippen LogP contribution in [0, 0.1) is 6.92 Å². The van der Waals surface area contributed by atoms with Crippen LogP contribution in [0.25, 0.3) is 0 Å². The molecule has 15 heavy (non-hydrogen) atoms. The Hall–Kier alpha value is -0.640. The van der Waals surface area contributed by atoms with Crippen molar-refractivity contribution in [3.05, 3.63) is 43.8 Å². The van der Waals surface area contributed by atoms with Gasteiger partial charge in [0.2, 0.25) is 0 Å². The molecule has 0 saturated carbocycles. The molecular formula is C12H14OS2. The lowest BCUT2D eigenvalue weighted by Gasteiger charge is -2.04. The van der Waals surface area contributed by atoms with Crippen LogP contribution in [0.3, 0.4) is 0 Å². The molecule has 0 amide bonds. The molecule has 0 saturated heterocycles. The first-order valence-electron chi connectivity index (χ1n) is 5.03. The summed E-state index contributed by atoms with van der Waals surface area (Å²) in [5.41, 5.74) is 0. The van der Waals surface area contributed by atoms with E-state index in [2.05, 4.69) is 26.0 Å². The third kappa shape index (κ3) is 2.30. The van der Waals surface area contributed by atoms with E-state index in [-0.39, 0.29) is 0 Å². The summed E-state index contributed by atoms with van der Waals surface area (Å²) in [6.45, 7) is 4.20. The highest BCUT2D eigenvalue weighted by atomic mass is 32.1. The van der Waals surface area contributed by atoms with Gasteiger partial charge in [0.25, 0.3) is 0 Å². The predicted molar refractivity (Wildman–Crippen MR) is 66.8 cm³/mol. The summed E-state index contributed by atoms with van der Waals surface area (Å²) in [5, 5.41) is 10.1. The highest BCUT2D eigenvalue weighted by Gasteiger charge is 2.14. The standard InChI is InChI=1S/C12H14OS2/c1-3-9-5-7-11(15-9)12(13)10-6-4-8(2)14-10/h4-7,12-13H,3H2,1-2H3. The van der Waals surface area contributed by atoms with Crippen molar-refractivity contribution < 1.29 is 5.11 Å². The number of hydrogen-bond donors (Lipinski definition) is 1. The topological polar surface area (TPSA) is 20.2 Å². The van der Waals surface area contributed by atoms with Crippen molar-refractivity contribution in [3.8, 4) is 0 Å². The van der Waals surface area contributed by atoms with Gasteiger partial charge in [0.05, 0.1) is 0 Å². The number of aliphatic hydroxyl groups is 1. The van der Waals surface area contributed by atoms with Gasteiger partial charge in [-0.25, -0.2) is 0 Å². The highest BCUT2D eigenvalue weighted by Crippen LogP contribution is 2.32. The lowest BCUT2D eigenvalue weighted by atomic mass is 10.2. The summed E-state index contributed by atoms with van der Waals surface area (Å²) in [4.78, 5) is 4.67. The van der Waals surface area contributed by atoms with E-state index >= 15 is 0 Å². The van der Waals surface area contributed by atoms with E-state index in [0.29, 0.717) is 0 Å². The fourth-order valence-electron chi connectivity index (χ4n) is 1.47. The fraction of sp³-hybridized carbons (Fsp3) is 0.333. The first-order chi connectivity index (χ1) is 7.20. The molecule has 0 aliphatic heterocycles. The van der Waals surface area contributed by atoms with Crippen molar-refractivity contribution >= 4 is 22.7 Å². The monoisotopic (exact) mass is 238 g/mol. The quantitative estimate of drug-likeness (QED) is 0.863. The van der Waals surface area contributed by atoms with E-state index in [1.165, 1.54) is 9.75 Å². The third-order valence-corrected chi connectivity index (χ3v) is 4.67. The number of hydrogen-bond acceptors (Lipinski definition) is 3. The molecule has 0 fully saturated rings. The molecule has 1 nitrogen and oxygen atoms in total. The molecule has 3 heteroatoms. The smallest absolute Gasteiger partial charge is 0.122 e. The summed E-state index contributed by atoms with van der Waals surface area (Å²) < 4.78 is 0. The van der Waals surface area contributed by atoms with Crippen LogP contribution in [0.2, 0.25) is 0 Å². The average Bonchev–Trinajstić information content (AvgIpc) is 2.84. The summed E-state index contributed by atoms with van der Waals surface area (Å²) in [6, 6.07) is 8.19. The maximum atomic E-state index is 10.1. The van der Waals surface area contributed by atoms with Crippen molar-refractivity contribution in [2.75, 3.05) is 0 Å². The van der Waals surface area contributed by atoms with Gasteiger partial charge in [0.1, 0.15) is 6.10 Å². The van der Waals surface area contributed by atoms with Gasteiger partial charge in [0.15, 0.2) is 0 Å². The number of rotatable bonds is 3. The average molecular weight is 238 g/mol. The first kappa shape index (κ1) is 10.9. The van der Waals surface area contributed by atoms with Gasteiger partial charge in [-0.2, -0.15) is 0 Å². The zero-order valence-corrected chi connectivity index (χ0v) is 10.5. The number of aryl methyl sites for hydroxylation is 2. The molecule has 0 aliphatic carbocycles. The van der Waals surface area contributed by atoms with Crippen LogP contribution in [-0.4, -0.2) is 5.11 Å². The second-order valence-electron chi connectivity index (χ2n) is 3.51. The second kappa shape index (κ2) is 4.47.